The molecular formula is C11H17N3O2. The molecule has 0 radical (unpaired) electrons. The summed E-state index contributed by atoms with van der Waals surface area (Å²) in [5.41, 5.74) is 0.701. The average Bonchev–Trinajstić information content (AvgIpc) is 2.26. The van der Waals surface area contributed by atoms with Gasteiger partial charge in [-0.2, -0.15) is 0 Å². The van der Waals surface area contributed by atoms with Gasteiger partial charge in [-0.05, 0) is 18.6 Å². The van der Waals surface area contributed by atoms with E-state index in [-0.39, 0.29) is 5.91 Å². The van der Waals surface area contributed by atoms with Crippen molar-refractivity contribution in [3.05, 3.63) is 18.3 Å². The first-order valence-corrected chi connectivity index (χ1v) is 5.19. The molecule has 0 aliphatic rings. The van der Waals surface area contributed by atoms with Crippen molar-refractivity contribution in [2.75, 3.05) is 30.9 Å². The predicted octanol–water partition coefficient (Wildman–Crippen LogP) is 1.49. The Balaban J connectivity index is 2.53. The van der Waals surface area contributed by atoms with E-state index in [9.17, 15) is 4.79 Å². The molecule has 1 amide bonds. The summed E-state index contributed by atoms with van der Waals surface area (Å²) in [6.07, 6.45) is 2.58. The van der Waals surface area contributed by atoms with Gasteiger partial charge in [-0.25, -0.2) is 4.98 Å². The van der Waals surface area contributed by atoms with Gasteiger partial charge in [-0.1, -0.05) is 0 Å². The third-order valence-electron chi connectivity index (χ3n) is 1.94. The number of anilines is 2. The number of methoxy groups -OCH3 is 1. The highest BCUT2D eigenvalue weighted by molar-refractivity contribution is 5.91. The zero-order chi connectivity index (χ0) is 11.8. The summed E-state index contributed by atoms with van der Waals surface area (Å²) in [6, 6.07) is 3.60. The minimum atomic E-state index is -0.104. The van der Waals surface area contributed by atoms with Gasteiger partial charge in [0.15, 0.2) is 0 Å². The van der Waals surface area contributed by atoms with Crippen LogP contribution in [0.15, 0.2) is 18.3 Å². The fourth-order valence-electron chi connectivity index (χ4n) is 1.26. The van der Waals surface area contributed by atoms with E-state index in [1.54, 1.807) is 19.4 Å². The second-order valence-corrected chi connectivity index (χ2v) is 3.35. The SMILES string of the molecule is COCCCNc1ncccc1NC(C)=O. The number of hydrogen-bond acceptors (Lipinski definition) is 4. The first kappa shape index (κ1) is 12.4. The molecule has 0 aromatic carbocycles. The summed E-state index contributed by atoms with van der Waals surface area (Å²) in [5, 5.41) is 5.87. The quantitative estimate of drug-likeness (QED) is 0.717. The lowest BCUT2D eigenvalue weighted by molar-refractivity contribution is -0.114. The molecule has 0 saturated carbocycles. The Kier molecular flexibility index (Phi) is 5.28. The van der Waals surface area contributed by atoms with Crippen molar-refractivity contribution in [2.24, 2.45) is 0 Å². The van der Waals surface area contributed by atoms with E-state index >= 15 is 0 Å². The third kappa shape index (κ3) is 4.27. The van der Waals surface area contributed by atoms with Crippen LogP contribution < -0.4 is 10.6 Å². The molecule has 0 spiro atoms. The molecule has 1 aromatic rings. The number of pyridine rings is 1. The Hall–Kier alpha value is -1.62. The van der Waals surface area contributed by atoms with Crippen LogP contribution in [-0.4, -0.2) is 31.2 Å². The largest absolute Gasteiger partial charge is 0.385 e. The molecule has 5 nitrogen and oxygen atoms in total. The van der Waals surface area contributed by atoms with Crippen molar-refractivity contribution < 1.29 is 9.53 Å². The number of rotatable bonds is 6. The van der Waals surface area contributed by atoms with E-state index < -0.39 is 0 Å². The van der Waals surface area contributed by atoms with Crippen LogP contribution >= 0.6 is 0 Å². The van der Waals surface area contributed by atoms with Gasteiger partial charge in [0.05, 0.1) is 5.69 Å². The monoisotopic (exact) mass is 223 g/mol. The standard InChI is InChI=1S/C11H17N3O2/c1-9(15)14-10-5-3-6-12-11(10)13-7-4-8-16-2/h3,5-6H,4,7-8H2,1-2H3,(H,12,13)(H,14,15). The van der Waals surface area contributed by atoms with Crippen LogP contribution in [0.1, 0.15) is 13.3 Å². The van der Waals surface area contributed by atoms with Gasteiger partial charge in [0.1, 0.15) is 5.82 Å². The summed E-state index contributed by atoms with van der Waals surface area (Å²) in [6.45, 7) is 2.94. The topological polar surface area (TPSA) is 63.2 Å². The molecule has 1 rings (SSSR count). The Morgan fingerprint density at radius 1 is 1.56 bits per heavy atom. The molecule has 5 heteroatoms. The highest BCUT2D eigenvalue weighted by Crippen LogP contribution is 2.17. The van der Waals surface area contributed by atoms with Crippen molar-refractivity contribution in [2.45, 2.75) is 13.3 Å². The van der Waals surface area contributed by atoms with Crippen molar-refractivity contribution in [3.8, 4) is 0 Å². The molecule has 1 heterocycles. The highest BCUT2D eigenvalue weighted by Gasteiger charge is 2.03. The molecule has 0 bridgehead atoms. The smallest absolute Gasteiger partial charge is 0.221 e. The molecule has 0 aliphatic heterocycles. The fourth-order valence-corrected chi connectivity index (χ4v) is 1.26. The highest BCUT2D eigenvalue weighted by atomic mass is 16.5. The van der Waals surface area contributed by atoms with Crippen LogP contribution in [0.5, 0.6) is 0 Å². The number of nitrogens with one attached hydrogen (secondary N) is 2. The van der Waals surface area contributed by atoms with Crippen molar-refractivity contribution in [1.82, 2.24) is 4.98 Å². The van der Waals surface area contributed by atoms with E-state index in [1.165, 1.54) is 6.92 Å². The second-order valence-electron chi connectivity index (χ2n) is 3.35. The first-order chi connectivity index (χ1) is 7.74. The van der Waals surface area contributed by atoms with Crippen molar-refractivity contribution in [1.29, 1.82) is 0 Å². The second kappa shape index (κ2) is 6.79. The number of nitrogens with zero attached hydrogens (tertiary/aromatic N) is 1. The third-order valence-corrected chi connectivity index (χ3v) is 1.94. The minimum Gasteiger partial charge on any atom is -0.385 e. The zero-order valence-corrected chi connectivity index (χ0v) is 9.62. The number of carbonyl (C=O) groups is 1. The lowest BCUT2D eigenvalue weighted by atomic mass is 10.3. The van der Waals surface area contributed by atoms with Crippen LogP contribution in [0.3, 0.4) is 0 Å². The number of carbonyl (C=O) groups excluding carboxylic acids is 1. The van der Waals surface area contributed by atoms with Gasteiger partial charge in [0.25, 0.3) is 0 Å². The summed E-state index contributed by atoms with van der Waals surface area (Å²) in [7, 11) is 1.67. The van der Waals surface area contributed by atoms with E-state index in [4.69, 9.17) is 4.74 Å². The van der Waals surface area contributed by atoms with Crippen LogP contribution in [0.4, 0.5) is 11.5 Å². The first-order valence-electron chi connectivity index (χ1n) is 5.19. The molecule has 2 N–H and O–H groups in total. The van der Waals surface area contributed by atoms with Crippen LogP contribution in [-0.2, 0) is 9.53 Å². The van der Waals surface area contributed by atoms with Gasteiger partial charge in [-0.15, -0.1) is 0 Å². The maximum Gasteiger partial charge on any atom is 0.221 e. The van der Waals surface area contributed by atoms with Crippen molar-refractivity contribution in [3.63, 3.8) is 0 Å². The Labute approximate surface area is 95.2 Å². The summed E-state index contributed by atoms with van der Waals surface area (Å²) in [4.78, 5) is 15.1. The number of hydrogen-bond donors (Lipinski definition) is 2. The van der Waals surface area contributed by atoms with Gasteiger partial charge >= 0.3 is 0 Å². The van der Waals surface area contributed by atoms with E-state index in [1.807, 2.05) is 6.07 Å². The predicted molar refractivity (Wildman–Crippen MR) is 63.5 cm³/mol. The molecule has 0 saturated heterocycles. The normalized spacial score (nSPS) is 9.88. The molecule has 88 valence electrons. The lowest BCUT2D eigenvalue weighted by Crippen LogP contribution is -2.12. The maximum atomic E-state index is 11.0. The van der Waals surface area contributed by atoms with E-state index in [0.717, 1.165) is 13.0 Å². The molecule has 0 unspecified atom stereocenters. The molecule has 0 fully saturated rings. The molecular weight excluding hydrogens is 206 g/mol. The van der Waals surface area contributed by atoms with E-state index in [0.29, 0.717) is 18.1 Å². The molecule has 1 aromatic heterocycles. The zero-order valence-electron chi connectivity index (χ0n) is 9.62. The van der Waals surface area contributed by atoms with Crippen LogP contribution in [0.25, 0.3) is 0 Å². The maximum absolute atomic E-state index is 11.0. The summed E-state index contributed by atoms with van der Waals surface area (Å²) >= 11 is 0. The van der Waals surface area contributed by atoms with Gasteiger partial charge in [-0.3, -0.25) is 4.79 Å². The number of aromatic nitrogens is 1. The molecule has 0 aliphatic carbocycles. The number of amides is 1. The van der Waals surface area contributed by atoms with Gasteiger partial charge in [0, 0.05) is 33.4 Å². The minimum absolute atomic E-state index is 0.104. The Morgan fingerprint density at radius 3 is 3.06 bits per heavy atom. The van der Waals surface area contributed by atoms with Gasteiger partial charge in [0.2, 0.25) is 5.91 Å². The van der Waals surface area contributed by atoms with E-state index in [2.05, 4.69) is 15.6 Å². The van der Waals surface area contributed by atoms with Gasteiger partial charge < -0.3 is 15.4 Å². The van der Waals surface area contributed by atoms with Crippen LogP contribution in [0.2, 0.25) is 0 Å². The Bertz CT molecular complexity index is 342. The summed E-state index contributed by atoms with van der Waals surface area (Å²) < 4.78 is 4.94. The molecule has 16 heavy (non-hydrogen) atoms. The number of ether oxygens (including phenoxy) is 1. The fraction of sp³-hybridized carbons (Fsp3) is 0.455. The van der Waals surface area contributed by atoms with Crippen LogP contribution in [0, 0.1) is 0 Å². The Morgan fingerprint density at radius 2 is 2.38 bits per heavy atom. The molecule has 0 atom stereocenters. The average molecular weight is 223 g/mol. The summed E-state index contributed by atoms with van der Waals surface area (Å²) in [5.74, 6) is 0.585. The lowest BCUT2D eigenvalue weighted by Gasteiger charge is -2.10. The van der Waals surface area contributed by atoms with Crippen molar-refractivity contribution >= 4 is 17.4 Å².